The lowest BCUT2D eigenvalue weighted by molar-refractivity contribution is -0.883. The molecule has 0 N–H and O–H groups in total. The number of quaternary nitrogens is 1. The Morgan fingerprint density at radius 3 is 2.39 bits per heavy atom. The van der Waals surface area contributed by atoms with E-state index < -0.39 is 0 Å². The molecule has 2 bridgehead atoms. The quantitative estimate of drug-likeness (QED) is 0.532. The van der Waals surface area contributed by atoms with Gasteiger partial charge < -0.3 is 14.0 Å². The van der Waals surface area contributed by atoms with Crippen molar-refractivity contribution in [3.05, 3.63) is 0 Å². The Morgan fingerprint density at radius 1 is 1.26 bits per heavy atom. The minimum Gasteiger partial charge on any atom is -0.459 e. The van der Waals surface area contributed by atoms with Gasteiger partial charge in [-0.25, -0.2) is 4.79 Å². The van der Waals surface area contributed by atoms with Gasteiger partial charge in [-0.1, -0.05) is 20.8 Å². The van der Waals surface area contributed by atoms with Crippen LogP contribution in [0.5, 0.6) is 0 Å². The van der Waals surface area contributed by atoms with Crippen molar-refractivity contribution < 1.29 is 18.8 Å². The van der Waals surface area contributed by atoms with E-state index in [1.54, 1.807) is 0 Å². The Bertz CT molecular complexity index is 444. The van der Waals surface area contributed by atoms with Crippen molar-refractivity contribution in [1.29, 1.82) is 0 Å². The molecule has 4 heteroatoms. The van der Waals surface area contributed by atoms with Crippen molar-refractivity contribution in [3.8, 4) is 0 Å². The highest BCUT2D eigenvalue weighted by molar-refractivity contribution is 5.70. The largest absolute Gasteiger partial charge is 0.459 e. The van der Waals surface area contributed by atoms with Crippen LogP contribution in [0.2, 0.25) is 0 Å². The lowest BCUT2D eigenvalue weighted by atomic mass is 9.70. The van der Waals surface area contributed by atoms with Crippen molar-refractivity contribution in [1.82, 2.24) is 0 Å². The number of carbonyl (C=O) groups excluding carboxylic acids is 1. The molecule has 0 radical (unpaired) electrons. The van der Waals surface area contributed by atoms with Gasteiger partial charge in [-0.3, -0.25) is 0 Å². The molecule has 2 fully saturated rings. The molecule has 0 spiro atoms. The zero-order chi connectivity index (χ0) is 17.5. The van der Waals surface area contributed by atoms with E-state index in [0.29, 0.717) is 34.6 Å². The van der Waals surface area contributed by atoms with Crippen LogP contribution in [-0.2, 0) is 14.3 Å². The second kappa shape index (κ2) is 6.36. The maximum Gasteiger partial charge on any atom is 0.362 e. The second-order valence-corrected chi connectivity index (χ2v) is 9.33. The monoisotopic (exact) mass is 326 g/mol. The van der Waals surface area contributed by atoms with Gasteiger partial charge in [0.25, 0.3) is 0 Å². The number of fused-ring (bicyclic) bond motifs is 2. The number of esters is 1. The molecule has 0 saturated heterocycles. The molecule has 2 rings (SSSR count). The molecule has 134 valence electrons. The summed E-state index contributed by atoms with van der Waals surface area (Å²) >= 11 is 0. The zero-order valence-corrected chi connectivity index (χ0v) is 16.1. The van der Waals surface area contributed by atoms with Gasteiger partial charge in [0.05, 0.1) is 32.9 Å². The van der Waals surface area contributed by atoms with Crippen molar-refractivity contribution in [2.45, 2.75) is 66.1 Å². The third-order valence-electron chi connectivity index (χ3n) is 6.65. The molecule has 23 heavy (non-hydrogen) atoms. The molecule has 0 unspecified atom stereocenters. The van der Waals surface area contributed by atoms with E-state index in [4.69, 9.17) is 9.47 Å². The summed E-state index contributed by atoms with van der Waals surface area (Å²) in [7, 11) is 4.13. The summed E-state index contributed by atoms with van der Waals surface area (Å²) in [4.78, 5) is 11.9. The zero-order valence-electron chi connectivity index (χ0n) is 16.1. The minimum atomic E-state index is -0.127. The van der Waals surface area contributed by atoms with Gasteiger partial charge in [-0.2, -0.15) is 0 Å². The van der Waals surface area contributed by atoms with Crippen LogP contribution in [0, 0.1) is 16.7 Å². The Labute approximate surface area is 142 Å². The Kier molecular flexibility index (Phi) is 5.18. The van der Waals surface area contributed by atoms with Gasteiger partial charge in [0.2, 0.25) is 0 Å². The maximum atomic E-state index is 11.9. The van der Waals surface area contributed by atoms with E-state index in [1.807, 2.05) is 13.8 Å². The normalized spacial score (nSPS) is 32.5. The first kappa shape index (κ1) is 18.7. The molecule has 0 amide bonds. The van der Waals surface area contributed by atoms with Crippen molar-refractivity contribution in [2.24, 2.45) is 16.7 Å². The summed E-state index contributed by atoms with van der Waals surface area (Å²) in [5, 5.41) is 0. The number of carbonyl (C=O) groups is 1. The highest BCUT2D eigenvalue weighted by Crippen LogP contribution is 2.66. The first-order valence-corrected chi connectivity index (χ1v) is 9.11. The summed E-state index contributed by atoms with van der Waals surface area (Å²) in [6.45, 7) is 13.0. The summed E-state index contributed by atoms with van der Waals surface area (Å²) in [6, 6.07) is 0. The third-order valence-corrected chi connectivity index (χ3v) is 6.65. The van der Waals surface area contributed by atoms with Crippen LogP contribution >= 0.6 is 0 Å². The first-order chi connectivity index (χ1) is 10.5. The number of rotatable bonds is 7. The molecule has 2 aliphatic rings. The maximum absolute atomic E-state index is 11.9. The fourth-order valence-corrected chi connectivity index (χ4v) is 4.55. The number of hydrogen-bond acceptors (Lipinski definition) is 3. The van der Waals surface area contributed by atoms with E-state index in [0.717, 1.165) is 12.5 Å². The van der Waals surface area contributed by atoms with Gasteiger partial charge in [0, 0.05) is 0 Å². The van der Waals surface area contributed by atoms with Gasteiger partial charge in [0.15, 0.2) is 6.54 Å². The molecule has 3 atom stereocenters. The fraction of sp³-hybridized carbons (Fsp3) is 0.947. The summed E-state index contributed by atoms with van der Waals surface area (Å²) in [6.07, 6.45) is 4.17. The van der Waals surface area contributed by atoms with Crippen LogP contribution in [0.3, 0.4) is 0 Å². The summed E-state index contributed by atoms with van der Waals surface area (Å²) in [5.41, 5.74) is 0.703. The molecule has 0 aliphatic heterocycles. The van der Waals surface area contributed by atoms with Crippen LogP contribution in [0.15, 0.2) is 0 Å². The summed E-state index contributed by atoms with van der Waals surface area (Å²) < 4.78 is 12.2. The molecular weight excluding hydrogens is 290 g/mol. The molecule has 0 aromatic carbocycles. The molecular formula is C19H36NO3+. The second-order valence-electron chi connectivity index (χ2n) is 9.33. The van der Waals surface area contributed by atoms with Gasteiger partial charge in [0.1, 0.15) is 6.54 Å². The smallest absolute Gasteiger partial charge is 0.362 e. The fourth-order valence-electron chi connectivity index (χ4n) is 4.55. The minimum absolute atomic E-state index is 0.0463. The number of hydrogen-bond donors (Lipinski definition) is 0. The van der Waals surface area contributed by atoms with Crippen molar-refractivity contribution in [2.75, 3.05) is 33.8 Å². The predicted molar refractivity (Wildman–Crippen MR) is 92.0 cm³/mol. The van der Waals surface area contributed by atoms with E-state index in [2.05, 4.69) is 34.9 Å². The number of ether oxygens (including phenoxy) is 2. The average molecular weight is 327 g/mol. The predicted octanol–water partition coefficient (Wildman–Crippen LogP) is 3.25. The Balaban J connectivity index is 1.80. The van der Waals surface area contributed by atoms with E-state index in [1.165, 1.54) is 19.3 Å². The average Bonchev–Trinajstić information content (AvgIpc) is 2.69. The number of likely N-dealkylation sites (N-methyl/N-ethyl adjacent to an activating group) is 1. The van der Waals surface area contributed by atoms with Gasteiger partial charge >= 0.3 is 5.97 Å². The first-order valence-electron chi connectivity index (χ1n) is 9.11. The van der Waals surface area contributed by atoms with Crippen LogP contribution in [0.4, 0.5) is 0 Å². The lowest BCUT2D eigenvalue weighted by Crippen LogP contribution is -2.47. The standard InChI is InChI=1S/C19H36NO3/c1-14(2)23-17(21)13-20(6,7)10-11-22-16-12-15-8-9-19(16,5)18(15,3)4/h14-16H,8-13H2,1-7H3/q+1/t15-,16-,19-/m0/s1. The van der Waals surface area contributed by atoms with Crippen LogP contribution in [0.25, 0.3) is 0 Å². The molecule has 0 heterocycles. The highest BCUT2D eigenvalue weighted by atomic mass is 16.5. The molecule has 2 aliphatic carbocycles. The number of nitrogens with zero attached hydrogens (tertiary/aromatic N) is 1. The summed E-state index contributed by atoms with van der Waals surface area (Å²) in [5.74, 6) is 0.680. The third kappa shape index (κ3) is 3.74. The SMILES string of the molecule is CC(C)OC(=O)C[N+](C)(C)CCO[C@H]1C[C@@H]2CC[C@]1(C)C2(C)C. The molecule has 0 aromatic rings. The van der Waals surface area contributed by atoms with E-state index >= 15 is 0 Å². The Morgan fingerprint density at radius 2 is 1.91 bits per heavy atom. The van der Waals surface area contributed by atoms with Crippen LogP contribution in [-0.4, -0.2) is 56.5 Å². The van der Waals surface area contributed by atoms with Crippen molar-refractivity contribution in [3.63, 3.8) is 0 Å². The topological polar surface area (TPSA) is 35.5 Å². The lowest BCUT2D eigenvalue weighted by Gasteiger charge is -2.39. The molecule has 4 nitrogen and oxygen atoms in total. The van der Waals surface area contributed by atoms with E-state index in [9.17, 15) is 4.79 Å². The van der Waals surface area contributed by atoms with Gasteiger partial charge in [-0.05, 0) is 49.9 Å². The van der Waals surface area contributed by atoms with Gasteiger partial charge in [-0.15, -0.1) is 0 Å². The van der Waals surface area contributed by atoms with E-state index in [-0.39, 0.29) is 12.1 Å². The van der Waals surface area contributed by atoms with Crippen LogP contribution in [0.1, 0.15) is 53.9 Å². The molecule has 0 aromatic heterocycles. The van der Waals surface area contributed by atoms with Crippen molar-refractivity contribution >= 4 is 5.97 Å². The highest BCUT2D eigenvalue weighted by Gasteiger charge is 2.61. The van der Waals surface area contributed by atoms with Crippen LogP contribution < -0.4 is 0 Å². The Hall–Kier alpha value is -0.610. The molecule has 2 saturated carbocycles.